The molecule has 2 aromatic carbocycles. The van der Waals surface area contributed by atoms with E-state index in [1.54, 1.807) is 23.0 Å². The van der Waals surface area contributed by atoms with Gasteiger partial charge in [0.15, 0.2) is 0 Å². The number of fused-ring (bicyclic) bond motifs is 1. The summed E-state index contributed by atoms with van der Waals surface area (Å²) in [6.45, 7) is 0.382. The quantitative estimate of drug-likeness (QED) is 0.551. The molecule has 0 bridgehead atoms. The summed E-state index contributed by atoms with van der Waals surface area (Å²) >= 11 is 0. The third-order valence-electron chi connectivity index (χ3n) is 4.24. The van der Waals surface area contributed by atoms with Crippen LogP contribution < -0.4 is 5.56 Å². The number of halogens is 1. The van der Waals surface area contributed by atoms with Crippen molar-refractivity contribution in [2.24, 2.45) is 0 Å². The highest BCUT2D eigenvalue weighted by molar-refractivity contribution is 5.79. The van der Waals surface area contributed by atoms with E-state index in [-0.39, 0.29) is 5.56 Å². The summed E-state index contributed by atoms with van der Waals surface area (Å²) < 4.78 is 15.2. The van der Waals surface area contributed by atoms with Crippen molar-refractivity contribution in [2.45, 2.75) is 6.54 Å². The van der Waals surface area contributed by atoms with E-state index >= 15 is 0 Å². The lowest BCUT2D eigenvalue weighted by molar-refractivity contribution is 0.629. The zero-order chi connectivity index (χ0) is 18.6. The predicted octanol–water partition coefficient (Wildman–Crippen LogP) is 4.15. The van der Waals surface area contributed by atoms with E-state index in [4.69, 9.17) is 0 Å². The SMILES string of the molecule is O=c1c2ccc(F)cc2nc(/C=C/c2cccnc2)n1Cc1ccccc1. The maximum absolute atomic E-state index is 13.6. The van der Waals surface area contributed by atoms with Crippen LogP contribution in [0.25, 0.3) is 23.1 Å². The lowest BCUT2D eigenvalue weighted by Crippen LogP contribution is -2.24. The van der Waals surface area contributed by atoms with Crippen molar-refractivity contribution in [3.63, 3.8) is 0 Å². The Labute approximate surface area is 155 Å². The van der Waals surface area contributed by atoms with Crippen molar-refractivity contribution in [1.29, 1.82) is 0 Å². The molecule has 0 atom stereocenters. The van der Waals surface area contributed by atoms with Crippen LogP contribution in [-0.4, -0.2) is 14.5 Å². The fraction of sp³-hybridized carbons (Fsp3) is 0.0455. The van der Waals surface area contributed by atoms with Crippen LogP contribution in [0.4, 0.5) is 4.39 Å². The fourth-order valence-electron chi connectivity index (χ4n) is 2.90. The molecule has 4 nitrogen and oxygen atoms in total. The van der Waals surface area contributed by atoms with Gasteiger partial charge >= 0.3 is 0 Å². The van der Waals surface area contributed by atoms with Crippen LogP contribution in [0, 0.1) is 5.82 Å². The van der Waals surface area contributed by atoms with Gasteiger partial charge in [-0.25, -0.2) is 9.37 Å². The second-order valence-corrected chi connectivity index (χ2v) is 6.13. The first-order valence-corrected chi connectivity index (χ1v) is 8.53. The first kappa shape index (κ1) is 16.8. The van der Waals surface area contributed by atoms with E-state index in [0.717, 1.165) is 11.1 Å². The van der Waals surface area contributed by atoms with Gasteiger partial charge < -0.3 is 0 Å². The summed E-state index contributed by atoms with van der Waals surface area (Å²) in [6.07, 6.45) is 7.00. The second-order valence-electron chi connectivity index (χ2n) is 6.13. The minimum Gasteiger partial charge on any atom is -0.288 e. The van der Waals surface area contributed by atoms with Crippen LogP contribution in [0.3, 0.4) is 0 Å². The Hall–Kier alpha value is -3.60. The Balaban J connectivity index is 1.87. The zero-order valence-corrected chi connectivity index (χ0v) is 14.4. The molecule has 5 heteroatoms. The van der Waals surface area contributed by atoms with Crippen molar-refractivity contribution in [3.8, 4) is 0 Å². The molecule has 132 valence electrons. The van der Waals surface area contributed by atoms with Crippen molar-refractivity contribution in [3.05, 3.63) is 106 Å². The number of benzene rings is 2. The average Bonchev–Trinajstić information content (AvgIpc) is 2.70. The molecule has 0 saturated heterocycles. The molecule has 0 N–H and O–H groups in total. The molecule has 4 aromatic rings. The maximum Gasteiger partial charge on any atom is 0.261 e. The smallest absolute Gasteiger partial charge is 0.261 e. The molecule has 0 unspecified atom stereocenters. The number of hydrogen-bond donors (Lipinski definition) is 0. The monoisotopic (exact) mass is 357 g/mol. The molecule has 0 fully saturated rings. The fourth-order valence-corrected chi connectivity index (χ4v) is 2.90. The number of pyridine rings is 1. The maximum atomic E-state index is 13.6. The zero-order valence-electron chi connectivity index (χ0n) is 14.4. The molecular weight excluding hydrogens is 341 g/mol. The van der Waals surface area contributed by atoms with Gasteiger partial charge in [-0.05, 0) is 41.5 Å². The van der Waals surface area contributed by atoms with Gasteiger partial charge in [-0.15, -0.1) is 0 Å². The van der Waals surface area contributed by atoms with E-state index in [9.17, 15) is 9.18 Å². The van der Waals surface area contributed by atoms with Gasteiger partial charge in [-0.1, -0.05) is 36.4 Å². The van der Waals surface area contributed by atoms with Crippen LogP contribution in [0.2, 0.25) is 0 Å². The Morgan fingerprint density at radius 2 is 1.85 bits per heavy atom. The lowest BCUT2D eigenvalue weighted by Gasteiger charge is -2.11. The van der Waals surface area contributed by atoms with E-state index in [0.29, 0.717) is 23.3 Å². The van der Waals surface area contributed by atoms with Crippen molar-refractivity contribution >= 4 is 23.1 Å². The molecule has 0 saturated carbocycles. The van der Waals surface area contributed by atoms with E-state index in [2.05, 4.69) is 9.97 Å². The molecular formula is C22H16FN3O. The highest BCUT2D eigenvalue weighted by atomic mass is 19.1. The van der Waals surface area contributed by atoms with Crippen molar-refractivity contribution < 1.29 is 4.39 Å². The number of rotatable bonds is 4. The van der Waals surface area contributed by atoms with Crippen LogP contribution >= 0.6 is 0 Å². The Bertz CT molecular complexity index is 1170. The van der Waals surface area contributed by atoms with Crippen molar-refractivity contribution in [1.82, 2.24) is 14.5 Å². The van der Waals surface area contributed by atoms with Crippen LogP contribution in [0.15, 0.2) is 77.9 Å². The molecule has 0 aliphatic heterocycles. The van der Waals surface area contributed by atoms with Gasteiger partial charge in [-0.3, -0.25) is 14.3 Å². The first-order valence-electron chi connectivity index (χ1n) is 8.53. The van der Waals surface area contributed by atoms with Gasteiger partial charge in [0.2, 0.25) is 0 Å². The number of aromatic nitrogens is 3. The topological polar surface area (TPSA) is 47.8 Å². The van der Waals surface area contributed by atoms with E-state index in [1.165, 1.54) is 18.2 Å². The van der Waals surface area contributed by atoms with E-state index in [1.807, 2.05) is 48.5 Å². The number of nitrogens with zero attached hydrogens (tertiary/aromatic N) is 3. The summed E-state index contributed by atoms with van der Waals surface area (Å²) in [5, 5.41) is 0.394. The molecule has 27 heavy (non-hydrogen) atoms. The largest absolute Gasteiger partial charge is 0.288 e. The summed E-state index contributed by atoms with van der Waals surface area (Å²) in [5.74, 6) is 0.0446. The third-order valence-corrected chi connectivity index (χ3v) is 4.24. The Kier molecular flexibility index (Phi) is 4.58. The molecule has 0 radical (unpaired) electrons. The molecule has 0 aliphatic carbocycles. The summed E-state index contributed by atoms with van der Waals surface area (Å²) in [5.41, 5.74) is 2.01. The Morgan fingerprint density at radius 3 is 2.63 bits per heavy atom. The standard InChI is InChI=1S/C22H16FN3O/c23-18-9-10-19-20(13-18)25-21(11-8-16-7-4-12-24-14-16)26(22(19)27)15-17-5-2-1-3-6-17/h1-14H,15H2/b11-8+. The summed E-state index contributed by atoms with van der Waals surface area (Å²) in [4.78, 5) is 21.6. The van der Waals surface area contributed by atoms with Crippen LogP contribution in [-0.2, 0) is 6.54 Å². The molecule has 0 amide bonds. The highest BCUT2D eigenvalue weighted by Gasteiger charge is 2.10. The molecule has 0 spiro atoms. The van der Waals surface area contributed by atoms with Gasteiger partial charge in [0.1, 0.15) is 11.6 Å². The van der Waals surface area contributed by atoms with E-state index < -0.39 is 5.82 Å². The normalized spacial score (nSPS) is 11.3. The molecule has 2 aromatic heterocycles. The van der Waals surface area contributed by atoms with Gasteiger partial charge in [0.05, 0.1) is 17.4 Å². The Morgan fingerprint density at radius 1 is 1.00 bits per heavy atom. The average molecular weight is 357 g/mol. The minimum absolute atomic E-state index is 0.199. The highest BCUT2D eigenvalue weighted by Crippen LogP contribution is 2.14. The number of hydrogen-bond acceptors (Lipinski definition) is 3. The minimum atomic E-state index is -0.419. The van der Waals surface area contributed by atoms with Crippen molar-refractivity contribution in [2.75, 3.05) is 0 Å². The van der Waals surface area contributed by atoms with Gasteiger partial charge in [0.25, 0.3) is 5.56 Å². The lowest BCUT2D eigenvalue weighted by atomic mass is 10.2. The van der Waals surface area contributed by atoms with Crippen LogP contribution in [0.5, 0.6) is 0 Å². The van der Waals surface area contributed by atoms with Crippen LogP contribution in [0.1, 0.15) is 17.0 Å². The molecule has 0 aliphatic rings. The second kappa shape index (κ2) is 7.33. The third kappa shape index (κ3) is 3.67. The van der Waals surface area contributed by atoms with Gasteiger partial charge in [-0.2, -0.15) is 0 Å². The summed E-state index contributed by atoms with van der Waals surface area (Å²) in [7, 11) is 0. The predicted molar refractivity (Wildman–Crippen MR) is 105 cm³/mol. The summed E-state index contributed by atoms with van der Waals surface area (Å²) in [6, 6.07) is 17.5. The molecule has 4 rings (SSSR count). The van der Waals surface area contributed by atoms with Gasteiger partial charge in [0, 0.05) is 18.5 Å². The molecule has 2 heterocycles. The first-order chi connectivity index (χ1) is 13.2.